The molecule has 0 fully saturated rings. The number of nitrogens with one attached hydrogen (secondary N) is 1. The van der Waals surface area contributed by atoms with Gasteiger partial charge in [0.05, 0.1) is 11.5 Å². The molecule has 1 aromatic rings. The molecule has 0 bridgehead atoms. The predicted octanol–water partition coefficient (Wildman–Crippen LogP) is 5.09. The topological polar surface area (TPSA) is 64.4 Å². The van der Waals surface area contributed by atoms with Gasteiger partial charge in [-0.05, 0) is 44.4 Å². The van der Waals surface area contributed by atoms with Crippen molar-refractivity contribution in [3.8, 4) is 5.75 Å². The summed E-state index contributed by atoms with van der Waals surface area (Å²) in [6.07, 6.45) is 9.83. The molecule has 0 aliphatic heterocycles. The van der Waals surface area contributed by atoms with Gasteiger partial charge in [-0.3, -0.25) is 10.1 Å². The molecular formula is C19H32N2O3. The summed E-state index contributed by atoms with van der Waals surface area (Å²) in [5.41, 5.74) is 0.0936. The van der Waals surface area contributed by atoms with Crippen LogP contribution in [-0.4, -0.2) is 24.1 Å². The zero-order valence-electron chi connectivity index (χ0n) is 15.1. The summed E-state index contributed by atoms with van der Waals surface area (Å²) in [5.74, 6) is 0.691. The average Bonchev–Trinajstić information content (AvgIpc) is 2.60. The Bertz CT molecular complexity index is 448. The summed E-state index contributed by atoms with van der Waals surface area (Å²) in [7, 11) is 0. The maximum Gasteiger partial charge on any atom is 0.269 e. The smallest absolute Gasteiger partial charge is 0.269 e. The maximum absolute atomic E-state index is 10.6. The molecule has 1 aromatic carbocycles. The standard InChI is InChI=1S/C19H32N2O3/c1-3-5-6-7-10-17(4-2)20-15-8-9-16-24-19-13-11-18(12-14-19)21(22)23/h11-14,17,20H,3-10,15-16H2,1-2H3. The number of non-ortho nitro benzene ring substituents is 1. The second kappa shape index (κ2) is 12.8. The van der Waals surface area contributed by atoms with Crippen molar-refractivity contribution in [3.63, 3.8) is 0 Å². The first-order chi connectivity index (χ1) is 11.7. The number of hydrogen-bond acceptors (Lipinski definition) is 4. The van der Waals surface area contributed by atoms with Gasteiger partial charge in [-0.2, -0.15) is 0 Å². The van der Waals surface area contributed by atoms with Crippen LogP contribution in [0.3, 0.4) is 0 Å². The van der Waals surface area contributed by atoms with Crippen molar-refractivity contribution in [2.45, 2.75) is 71.3 Å². The van der Waals surface area contributed by atoms with Crippen LogP contribution in [0.5, 0.6) is 5.75 Å². The summed E-state index contributed by atoms with van der Waals surface area (Å²) in [6, 6.07) is 6.89. The molecule has 0 saturated heterocycles. The normalized spacial score (nSPS) is 12.1. The Kier molecular flexibility index (Phi) is 10.9. The molecule has 5 heteroatoms. The van der Waals surface area contributed by atoms with Crippen molar-refractivity contribution in [3.05, 3.63) is 34.4 Å². The summed E-state index contributed by atoms with van der Waals surface area (Å²) in [4.78, 5) is 10.2. The van der Waals surface area contributed by atoms with Crippen molar-refractivity contribution in [2.24, 2.45) is 0 Å². The molecule has 0 aromatic heterocycles. The SMILES string of the molecule is CCCCCCC(CC)NCCCCOc1ccc([N+](=O)[O-])cc1. The van der Waals surface area contributed by atoms with E-state index in [-0.39, 0.29) is 5.69 Å². The Labute approximate surface area is 145 Å². The summed E-state index contributed by atoms with van der Waals surface area (Å²) in [5, 5.41) is 14.2. The number of benzene rings is 1. The summed E-state index contributed by atoms with van der Waals surface area (Å²) >= 11 is 0. The minimum absolute atomic E-state index is 0.0936. The van der Waals surface area contributed by atoms with E-state index in [1.54, 1.807) is 12.1 Å². The van der Waals surface area contributed by atoms with Gasteiger partial charge in [0.15, 0.2) is 0 Å². The molecule has 0 radical (unpaired) electrons. The van der Waals surface area contributed by atoms with E-state index in [9.17, 15) is 10.1 Å². The fraction of sp³-hybridized carbons (Fsp3) is 0.684. The summed E-state index contributed by atoms with van der Waals surface area (Å²) < 4.78 is 5.62. The van der Waals surface area contributed by atoms with Gasteiger partial charge in [0.2, 0.25) is 0 Å². The highest BCUT2D eigenvalue weighted by Crippen LogP contribution is 2.17. The van der Waals surface area contributed by atoms with Crippen molar-refractivity contribution in [2.75, 3.05) is 13.2 Å². The Morgan fingerprint density at radius 2 is 1.83 bits per heavy atom. The molecular weight excluding hydrogens is 304 g/mol. The van der Waals surface area contributed by atoms with Gasteiger partial charge in [-0.1, -0.05) is 39.5 Å². The third kappa shape index (κ3) is 8.87. The largest absolute Gasteiger partial charge is 0.494 e. The molecule has 0 saturated carbocycles. The fourth-order valence-electron chi connectivity index (χ4n) is 2.66. The van der Waals surface area contributed by atoms with Crippen molar-refractivity contribution < 1.29 is 9.66 Å². The number of nitro groups is 1. The minimum atomic E-state index is -0.401. The lowest BCUT2D eigenvalue weighted by molar-refractivity contribution is -0.384. The van der Waals surface area contributed by atoms with E-state index < -0.39 is 4.92 Å². The van der Waals surface area contributed by atoms with Crippen molar-refractivity contribution >= 4 is 5.69 Å². The summed E-state index contributed by atoms with van der Waals surface area (Å²) in [6.45, 7) is 6.16. The van der Waals surface area contributed by atoms with E-state index in [1.807, 2.05) is 0 Å². The van der Waals surface area contributed by atoms with E-state index in [2.05, 4.69) is 19.2 Å². The van der Waals surface area contributed by atoms with Gasteiger partial charge in [-0.25, -0.2) is 0 Å². The van der Waals surface area contributed by atoms with Gasteiger partial charge >= 0.3 is 0 Å². The van der Waals surface area contributed by atoms with Crippen LogP contribution in [0.1, 0.15) is 65.2 Å². The van der Waals surface area contributed by atoms with Crippen LogP contribution in [0.2, 0.25) is 0 Å². The molecule has 0 heterocycles. The first kappa shape index (κ1) is 20.4. The quantitative estimate of drug-likeness (QED) is 0.292. The average molecular weight is 336 g/mol. The molecule has 0 aliphatic carbocycles. The van der Waals surface area contributed by atoms with Gasteiger partial charge in [0, 0.05) is 18.2 Å². The lowest BCUT2D eigenvalue weighted by Gasteiger charge is -2.16. The second-order valence-electron chi connectivity index (χ2n) is 6.22. The van der Waals surface area contributed by atoms with E-state index in [0.29, 0.717) is 18.4 Å². The van der Waals surface area contributed by atoms with Crippen LogP contribution < -0.4 is 10.1 Å². The highest BCUT2D eigenvalue weighted by Gasteiger charge is 2.05. The first-order valence-electron chi connectivity index (χ1n) is 9.28. The van der Waals surface area contributed by atoms with Crippen LogP contribution in [0.25, 0.3) is 0 Å². The molecule has 0 amide bonds. The maximum atomic E-state index is 10.6. The number of hydrogen-bond donors (Lipinski definition) is 1. The van der Waals surface area contributed by atoms with Crippen LogP contribution in [0, 0.1) is 10.1 Å². The third-order valence-corrected chi connectivity index (χ3v) is 4.22. The van der Waals surface area contributed by atoms with E-state index in [0.717, 1.165) is 19.4 Å². The number of nitro benzene ring substituents is 1. The second-order valence-corrected chi connectivity index (χ2v) is 6.22. The molecule has 5 nitrogen and oxygen atoms in total. The van der Waals surface area contributed by atoms with Crippen LogP contribution in [-0.2, 0) is 0 Å². The van der Waals surface area contributed by atoms with Gasteiger partial charge < -0.3 is 10.1 Å². The van der Waals surface area contributed by atoms with E-state index in [1.165, 1.54) is 50.7 Å². The molecule has 1 unspecified atom stereocenters. The van der Waals surface area contributed by atoms with Gasteiger partial charge in [-0.15, -0.1) is 0 Å². The lowest BCUT2D eigenvalue weighted by Crippen LogP contribution is -2.29. The van der Waals surface area contributed by atoms with Crippen molar-refractivity contribution in [1.82, 2.24) is 5.32 Å². The fourth-order valence-corrected chi connectivity index (χ4v) is 2.66. The molecule has 1 rings (SSSR count). The zero-order chi connectivity index (χ0) is 17.6. The van der Waals surface area contributed by atoms with Gasteiger partial charge in [0.25, 0.3) is 5.69 Å². The number of nitrogens with zero attached hydrogens (tertiary/aromatic N) is 1. The highest BCUT2D eigenvalue weighted by atomic mass is 16.6. The predicted molar refractivity (Wildman–Crippen MR) is 98.7 cm³/mol. The Morgan fingerprint density at radius 1 is 1.08 bits per heavy atom. The minimum Gasteiger partial charge on any atom is -0.494 e. The molecule has 1 atom stereocenters. The number of rotatable bonds is 14. The van der Waals surface area contributed by atoms with E-state index >= 15 is 0 Å². The molecule has 24 heavy (non-hydrogen) atoms. The van der Waals surface area contributed by atoms with Crippen LogP contribution in [0.15, 0.2) is 24.3 Å². The third-order valence-electron chi connectivity index (χ3n) is 4.22. The van der Waals surface area contributed by atoms with Crippen LogP contribution in [0.4, 0.5) is 5.69 Å². The van der Waals surface area contributed by atoms with Gasteiger partial charge in [0.1, 0.15) is 5.75 Å². The number of unbranched alkanes of at least 4 members (excludes halogenated alkanes) is 4. The van der Waals surface area contributed by atoms with E-state index in [4.69, 9.17) is 4.74 Å². The zero-order valence-corrected chi connectivity index (χ0v) is 15.1. The Hall–Kier alpha value is -1.62. The number of ether oxygens (including phenoxy) is 1. The molecule has 0 aliphatic rings. The molecule has 0 spiro atoms. The lowest BCUT2D eigenvalue weighted by atomic mass is 10.1. The van der Waals surface area contributed by atoms with Crippen molar-refractivity contribution in [1.29, 1.82) is 0 Å². The Morgan fingerprint density at radius 3 is 2.46 bits per heavy atom. The monoisotopic (exact) mass is 336 g/mol. The Balaban J connectivity index is 2.07. The molecule has 1 N–H and O–H groups in total. The first-order valence-corrected chi connectivity index (χ1v) is 9.28. The molecule has 136 valence electrons. The van der Waals surface area contributed by atoms with Crippen LogP contribution >= 0.6 is 0 Å². The highest BCUT2D eigenvalue weighted by molar-refractivity contribution is 5.35.